The number of aliphatic hydroxyl groups excluding tert-OH is 2. The van der Waals surface area contributed by atoms with Gasteiger partial charge >= 0.3 is 0 Å². The van der Waals surface area contributed by atoms with Crippen LogP contribution in [0.5, 0.6) is 11.5 Å². The molecule has 19 heteroatoms. The van der Waals surface area contributed by atoms with Gasteiger partial charge in [0.25, 0.3) is 5.91 Å². The van der Waals surface area contributed by atoms with E-state index in [1.54, 1.807) is 72.8 Å². The Morgan fingerprint density at radius 2 is 1.45 bits per heavy atom. The third kappa shape index (κ3) is 14.0. The summed E-state index contributed by atoms with van der Waals surface area (Å²) in [5, 5.41) is 41.3. The van der Waals surface area contributed by atoms with Crippen molar-refractivity contribution in [1.82, 2.24) is 26.2 Å². The minimum atomic E-state index is -1.46. The van der Waals surface area contributed by atoms with Crippen LogP contribution in [0.2, 0.25) is 5.02 Å². The Kier molecular flexibility index (Phi) is 19.0. The van der Waals surface area contributed by atoms with Gasteiger partial charge in [-0.3, -0.25) is 24.0 Å². The number of unbranched alkanes of at least 4 members (excludes halogenated alkanes) is 1. The fraction of sp³-hybridized carbons (Fsp3) is 0.375. The maximum atomic E-state index is 14.8. The van der Waals surface area contributed by atoms with Crippen molar-refractivity contribution in [3.63, 3.8) is 0 Å². The number of nitrogens with two attached hydrogens (primary N) is 3. The van der Waals surface area contributed by atoms with Gasteiger partial charge in [0.2, 0.25) is 23.6 Å². The first kappa shape index (κ1) is 51.4. The molecule has 356 valence electrons. The van der Waals surface area contributed by atoms with E-state index in [1.807, 2.05) is 18.2 Å². The molecule has 0 aliphatic carbocycles. The first-order valence-electron chi connectivity index (χ1n) is 21.9. The van der Waals surface area contributed by atoms with Crippen LogP contribution < -0.4 is 47.9 Å². The molecule has 4 aromatic carbocycles. The number of nitrogens with zero attached hydrogens (tertiary/aromatic N) is 2. The number of fused-ring (bicyclic) bond motifs is 5. The van der Waals surface area contributed by atoms with Crippen LogP contribution in [0.3, 0.4) is 0 Å². The topological polar surface area (TPSA) is 297 Å². The van der Waals surface area contributed by atoms with Crippen LogP contribution in [0.25, 0.3) is 22.3 Å². The number of amides is 5. The number of aliphatic hydroxyl groups is 2. The molecule has 5 rings (SSSR count). The number of nitriles is 1. The van der Waals surface area contributed by atoms with Gasteiger partial charge in [0.15, 0.2) is 0 Å². The molecule has 0 aromatic heterocycles. The predicted molar refractivity (Wildman–Crippen MR) is 251 cm³/mol. The minimum Gasteiger partial charge on any atom is -0.490 e. The summed E-state index contributed by atoms with van der Waals surface area (Å²) in [4.78, 5) is 71.7. The molecular weight excluding hydrogens is 882 g/mol. The summed E-state index contributed by atoms with van der Waals surface area (Å²) in [5.41, 5.74) is 20.6. The van der Waals surface area contributed by atoms with E-state index in [4.69, 9.17) is 38.3 Å². The molecule has 4 aromatic rings. The molecule has 0 radical (unpaired) electrons. The molecule has 5 amide bonds. The molecule has 0 spiro atoms. The number of carbonyl (C=O) groups excluding carboxylic acids is 5. The van der Waals surface area contributed by atoms with Crippen molar-refractivity contribution < 1.29 is 43.7 Å². The number of hydrogen-bond acceptors (Lipinski definition) is 13. The predicted octanol–water partition coefficient (Wildman–Crippen LogP) is 1.68. The molecule has 67 heavy (non-hydrogen) atoms. The SMILES string of the molecule is C[C@@H]1NC(=O)[C@@H](N(C)C(=O)[C@H](CCCCN)NC(=O)c2ccc(-c3ccc(Cl)cc3)cc2)c2ccc(OCC(O)CN)c(c2)-c2cc(ccc2OCC(O)CN)C[C@@H](C(=O)NCC#N)NC1=O. The molecule has 4 bridgehead atoms. The van der Waals surface area contributed by atoms with E-state index >= 15 is 0 Å². The van der Waals surface area contributed by atoms with E-state index in [0.717, 1.165) is 11.1 Å². The fourth-order valence-electron chi connectivity index (χ4n) is 7.32. The minimum absolute atomic E-state index is 0.0756. The third-order valence-corrected chi connectivity index (χ3v) is 11.3. The van der Waals surface area contributed by atoms with Crippen molar-refractivity contribution >= 4 is 41.1 Å². The zero-order valence-electron chi connectivity index (χ0n) is 37.4. The lowest BCUT2D eigenvalue weighted by atomic mass is 9.93. The van der Waals surface area contributed by atoms with E-state index in [9.17, 15) is 39.4 Å². The summed E-state index contributed by atoms with van der Waals surface area (Å²) < 4.78 is 12.2. The Hall–Kier alpha value is -6.59. The van der Waals surface area contributed by atoms with Crippen molar-refractivity contribution in [2.24, 2.45) is 17.2 Å². The fourth-order valence-corrected chi connectivity index (χ4v) is 7.45. The number of carbonyl (C=O) groups is 5. The average Bonchev–Trinajstić information content (AvgIpc) is 3.33. The molecule has 0 saturated carbocycles. The summed E-state index contributed by atoms with van der Waals surface area (Å²) in [6.45, 7) is 0.748. The van der Waals surface area contributed by atoms with Gasteiger partial charge in [-0.25, -0.2) is 0 Å². The molecule has 1 heterocycles. The lowest BCUT2D eigenvalue weighted by Crippen LogP contribution is -2.56. The summed E-state index contributed by atoms with van der Waals surface area (Å²) >= 11 is 6.07. The van der Waals surface area contributed by atoms with Crippen LogP contribution in [0.1, 0.15) is 53.7 Å². The van der Waals surface area contributed by atoms with Gasteiger partial charge < -0.3 is 63.1 Å². The number of halogens is 1. The van der Waals surface area contributed by atoms with Crippen molar-refractivity contribution in [3.05, 3.63) is 107 Å². The van der Waals surface area contributed by atoms with Gasteiger partial charge in [-0.05, 0) is 104 Å². The Balaban J connectivity index is 1.62. The Bertz CT molecular complexity index is 2400. The van der Waals surface area contributed by atoms with Gasteiger partial charge in [-0.2, -0.15) is 5.26 Å². The monoisotopic (exact) mass is 939 g/mol. The van der Waals surface area contributed by atoms with Crippen molar-refractivity contribution in [1.29, 1.82) is 5.26 Å². The van der Waals surface area contributed by atoms with Crippen molar-refractivity contribution in [3.8, 4) is 39.8 Å². The highest BCUT2D eigenvalue weighted by atomic mass is 35.5. The molecule has 1 aliphatic rings. The van der Waals surface area contributed by atoms with Crippen LogP contribution in [0.4, 0.5) is 0 Å². The number of hydrogen-bond donors (Lipinski definition) is 9. The lowest BCUT2D eigenvalue weighted by Gasteiger charge is -2.33. The van der Waals surface area contributed by atoms with E-state index < -0.39 is 65.9 Å². The molecule has 0 saturated heterocycles. The first-order valence-corrected chi connectivity index (χ1v) is 22.2. The molecule has 6 atom stereocenters. The van der Waals surface area contributed by atoms with E-state index in [2.05, 4.69) is 21.3 Å². The van der Waals surface area contributed by atoms with E-state index in [-0.39, 0.29) is 68.3 Å². The number of nitrogens with one attached hydrogen (secondary N) is 4. The number of likely N-dealkylation sites (N-methyl/N-ethyl adjacent to an activating group) is 1. The van der Waals surface area contributed by atoms with Crippen LogP contribution in [-0.4, -0.2) is 121 Å². The highest BCUT2D eigenvalue weighted by Crippen LogP contribution is 2.40. The highest BCUT2D eigenvalue weighted by molar-refractivity contribution is 6.30. The van der Waals surface area contributed by atoms with Crippen LogP contribution in [-0.2, 0) is 25.6 Å². The second-order valence-electron chi connectivity index (χ2n) is 16.1. The first-order chi connectivity index (χ1) is 32.2. The van der Waals surface area contributed by atoms with Gasteiger partial charge in [-0.15, -0.1) is 0 Å². The Morgan fingerprint density at radius 1 is 0.851 bits per heavy atom. The van der Waals surface area contributed by atoms with Gasteiger partial charge in [0.1, 0.15) is 67.6 Å². The van der Waals surface area contributed by atoms with Gasteiger partial charge in [-0.1, -0.05) is 48.0 Å². The second kappa shape index (κ2) is 24.8. The Labute approximate surface area is 394 Å². The number of rotatable bonds is 19. The molecule has 1 aliphatic heterocycles. The smallest absolute Gasteiger partial charge is 0.251 e. The maximum absolute atomic E-state index is 14.8. The summed E-state index contributed by atoms with van der Waals surface area (Å²) in [7, 11) is 1.41. The standard InChI is InChI=1S/C48H58ClN9O9/c1-28-44(61)57-40(46(63)54-20-19-51)22-29-6-16-41(66-26-35(59)24-52)37(21-29)38-23-33(13-17-42(38)67-27-36(60)25-53)43(47(64)55-28)58(2)48(65)39(5-3-4-18-50)56-45(62)32-9-7-30(8-10-32)31-11-14-34(49)15-12-31/h6-17,21,23,28,35-36,39-40,43,59-60H,3-5,18,20,22,24-27,50,52-53H2,1-2H3,(H,54,63)(H,55,64)(H,56,62)(H,57,61)/t28-,35?,36?,39-,40-,43-/m0/s1. The van der Waals surface area contributed by atoms with E-state index in [0.29, 0.717) is 41.1 Å². The molecular formula is C48H58ClN9O9. The zero-order chi connectivity index (χ0) is 48.6. The van der Waals surface area contributed by atoms with Crippen LogP contribution in [0.15, 0.2) is 84.9 Å². The zero-order valence-corrected chi connectivity index (χ0v) is 38.1. The summed E-state index contributed by atoms with van der Waals surface area (Å²) in [6.07, 6.45) is -1.01. The second-order valence-corrected chi connectivity index (χ2v) is 16.5. The average molecular weight is 940 g/mol. The van der Waals surface area contributed by atoms with Crippen molar-refractivity contribution in [2.75, 3.05) is 46.4 Å². The number of ether oxygens (including phenoxy) is 2. The lowest BCUT2D eigenvalue weighted by molar-refractivity contribution is -0.141. The Morgan fingerprint density at radius 3 is 2.04 bits per heavy atom. The van der Waals surface area contributed by atoms with Crippen molar-refractivity contribution in [2.45, 2.75) is 69.0 Å². The van der Waals surface area contributed by atoms with E-state index in [1.165, 1.54) is 18.9 Å². The van der Waals surface area contributed by atoms with Gasteiger partial charge in [0, 0.05) is 48.3 Å². The third-order valence-electron chi connectivity index (χ3n) is 11.1. The molecule has 2 unspecified atom stereocenters. The van der Waals surface area contributed by atoms with Crippen LogP contribution >= 0.6 is 11.6 Å². The number of benzene rings is 4. The quantitative estimate of drug-likeness (QED) is 0.0479. The van der Waals surface area contributed by atoms with Crippen LogP contribution in [0, 0.1) is 11.3 Å². The molecule has 12 N–H and O–H groups in total. The highest BCUT2D eigenvalue weighted by Gasteiger charge is 2.36. The molecule has 18 nitrogen and oxygen atoms in total. The summed E-state index contributed by atoms with van der Waals surface area (Å²) in [6, 6.07) is 20.5. The van der Waals surface area contributed by atoms with Gasteiger partial charge in [0.05, 0.1) is 6.07 Å². The maximum Gasteiger partial charge on any atom is 0.251 e. The summed E-state index contributed by atoms with van der Waals surface area (Å²) in [5.74, 6) is -2.93. The largest absolute Gasteiger partial charge is 0.490 e. The normalized spacial score (nSPS) is 17.3. The molecule has 0 fully saturated rings.